The lowest BCUT2D eigenvalue weighted by Crippen LogP contribution is -2.11. The van der Waals surface area contributed by atoms with E-state index >= 15 is 0 Å². The first kappa shape index (κ1) is 18.8. The second-order valence-electron chi connectivity index (χ2n) is 5.13. The Labute approximate surface area is 147 Å². The maximum absolute atomic E-state index is 11.2. The number of nitrogens with zero attached hydrogens (tertiary/aromatic N) is 1. The number of hydrogen-bond donors (Lipinski definition) is 5. The third-order valence-corrected chi connectivity index (χ3v) is 4.18. The van der Waals surface area contributed by atoms with E-state index in [0.717, 1.165) is 12.1 Å². The van der Waals surface area contributed by atoms with Gasteiger partial charge in [-0.25, -0.2) is 0 Å². The van der Waals surface area contributed by atoms with E-state index in [1.807, 2.05) is 6.07 Å². The van der Waals surface area contributed by atoms with Crippen molar-refractivity contribution in [2.24, 2.45) is 0 Å². The van der Waals surface area contributed by atoms with Crippen LogP contribution in [0.5, 0.6) is 5.75 Å². The molecule has 0 aliphatic heterocycles. The molecule has 0 atom stereocenters. The monoisotopic (exact) mass is 374 g/mol. The van der Waals surface area contributed by atoms with Gasteiger partial charge in [-0.2, -0.15) is 13.7 Å². The van der Waals surface area contributed by atoms with Crippen LogP contribution < -0.4 is 17.0 Å². The van der Waals surface area contributed by atoms with Gasteiger partial charge in [0.05, 0.1) is 22.0 Å². The predicted octanol–water partition coefficient (Wildman–Crippen LogP) is 1.20. The van der Waals surface area contributed by atoms with Crippen LogP contribution in [0.15, 0.2) is 52.2 Å². The van der Waals surface area contributed by atoms with Crippen molar-refractivity contribution in [3.05, 3.63) is 58.4 Å². The number of nitriles is 1. The Morgan fingerprint density at radius 2 is 1.69 bits per heavy atom. The van der Waals surface area contributed by atoms with Crippen molar-refractivity contribution in [3.63, 3.8) is 0 Å². The molecule has 0 fully saturated rings. The number of hydrogen-bond acceptors (Lipinski definition) is 7. The van der Waals surface area contributed by atoms with Gasteiger partial charge in [0.15, 0.2) is 5.75 Å². The molecule has 0 amide bonds. The molecule has 10 heteroatoms. The van der Waals surface area contributed by atoms with Gasteiger partial charge < -0.3 is 21.6 Å². The lowest BCUT2D eigenvalue weighted by Gasteiger charge is -2.05. The predicted molar refractivity (Wildman–Crippen MR) is 96.0 cm³/mol. The molecule has 0 saturated heterocycles. The van der Waals surface area contributed by atoms with Gasteiger partial charge in [-0.1, -0.05) is 0 Å². The first-order valence-electron chi connectivity index (χ1n) is 7.01. The summed E-state index contributed by atoms with van der Waals surface area (Å²) in [5.41, 5.74) is 11.1. The molecule has 9 nitrogen and oxygen atoms in total. The third kappa shape index (κ3) is 4.10. The Kier molecular flexibility index (Phi) is 5.16. The topological polar surface area (TPSA) is 183 Å². The van der Waals surface area contributed by atoms with E-state index in [4.69, 9.17) is 21.3 Å². The molecule has 1 aromatic heterocycles. The van der Waals surface area contributed by atoms with Crippen LogP contribution in [0, 0.1) is 11.3 Å². The van der Waals surface area contributed by atoms with Gasteiger partial charge in [0, 0.05) is 11.1 Å². The van der Waals surface area contributed by atoms with E-state index in [0.29, 0.717) is 11.3 Å². The number of benzene rings is 2. The minimum absolute atomic E-state index is 0.0391. The van der Waals surface area contributed by atoms with Crippen LogP contribution in [0.25, 0.3) is 10.9 Å². The van der Waals surface area contributed by atoms with Crippen molar-refractivity contribution in [3.8, 4) is 11.8 Å². The minimum Gasteiger partial charge on any atom is -0.505 e. The van der Waals surface area contributed by atoms with Gasteiger partial charge in [0.1, 0.15) is 5.69 Å². The number of H-pyrrole nitrogens is 1. The summed E-state index contributed by atoms with van der Waals surface area (Å²) in [6.45, 7) is 0. The zero-order valence-corrected chi connectivity index (χ0v) is 14.0. The van der Waals surface area contributed by atoms with Gasteiger partial charge in [-0.05, 0) is 42.5 Å². The summed E-state index contributed by atoms with van der Waals surface area (Å²) in [7, 11) is -4.38. The fourth-order valence-electron chi connectivity index (χ4n) is 1.99. The van der Waals surface area contributed by atoms with Crippen LogP contribution in [-0.4, -0.2) is 23.1 Å². The van der Waals surface area contributed by atoms with Crippen molar-refractivity contribution in [1.29, 1.82) is 5.26 Å². The first-order chi connectivity index (χ1) is 12.1. The van der Waals surface area contributed by atoms with Crippen LogP contribution in [0.1, 0.15) is 5.56 Å². The molecule has 3 aromatic rings. The van der Waals surface area contributed by atoms with E-state index < -0.39 is 32.0 Å². The molecule has 3 rings (SSSR count). The number of aromatic nitrogens is 1. The van der Waals surface area contributed by atoms with Gasteiger partial charge in [0.25, 0.3) is 15.7 Å². The highest BCUT2D eigenvalue weighted by Gasteiger charge is 2.14. The van der Waals surface area contributed by atoms with Gasteiger partial charge in [0.2, 0.25) is 0 Å². The molecule has 0 spiro atoms. The Balaban J connectivity index is 0.000000228. The standard InChI is InChI=1S/C9H8N2O5S.C7H6N2/c10-7-8(12)5-3-4(17(14,15)16)1-2-6(5)11-9(7)13;8-5-6-1-3-7(9)4-2-6/h1-3H,10H2,(H2,11,12,13)(H,14,15,16);1-4H,9H2. The maximum atomic E-state index is 11.2. The summed E-state index contributed by atoms with van der Waals surface area (Å²) in [5, 5.41) is 18.0. The molecule has 0 saturated carbocycles. The molecule has 0 aliphatic carbocycles. The molecule has 0 aliphatic rings. The largest absolute Gasteiger partial charge is 0.505 e. The quantitative estimate of drug-likeness (QED) is 0.311. The maximum Gasteiger partial charge on any atom is 0.294 e. The van der Waals surface area contributed by atoms with Crippen LogP contribution >= 0.6 is 0 Å². The number of nitrogens with one attached hydrogen (secondary N) is 1. The highest BCUT2D eigenvalue weighted by atomic mass is 32.2. The second kappa shape index (κ2) is 7.14. The molecule has 0 radical (unpaired) electrons. The highest BCUT2D eigenvalue weighted by molar-refractivity contribution is 7.85. The van der Waals surface area contributed by atoms with Crippen LogP contribution in [-0.2, 0) is 10.1 Å². The number of aromatic amines is 1. The number of aromatic hydroxyl groups is 1. The Hall–Kier alpha value is -3.55. The van der Waals surface area contributed by atoms with Crippen LogP contribution in [0.3, 0.4) is 0 Å². The van der Waals surface area contributed by atoms with Crippen molar-refractivity contribution >= 4 is 32.4 Å². The molecule has 0 unspecified atom stereocenters. The highest BCUT2D eigenvalue weighted by Crippen LogP contribution is 2.28. The number of nitrogen functional groups attached to an aromatic ring is 2. The fraction of sp³-hybridized carbons (Fsp3) is 0. The van der Waals surface area contributed by atoms with E-state index in [1.165, 1.54) is 6.07 Å². The molecule has 26 heavy (non-hydrogen) atoms. The molecule has 1 heterocycles. The van der Waals surface area contributed by atoms with E-state index in [-0.39, 0.29) is 10.9 Å². The summed E-state index contributed by atoms with van der Waals surface area (Å²) < 4.78 is 30.7. The fourth-order valence-corrected chi connectivity index (χ4v) is 2.50. The average Bonchev–Trinajstić information content (AvgIpc) is 2.60. The van der Waals surface area contributed by atoms with Crippen molar-refractivity contribution in [2.75, 3.05) is 11.5 Å². The number of fused-ring (bicyclic) bond motifs is 1. The average molecular weight is 374 g/mol. The second-order valence-corrected chi connectivity index (χ2v) is 6.55. The Bertz CT molecular complexity index is 1160. The first-order valence-corrected chi connectivity index (χ1v) is 8.45. The lowest BCUT2D eigenvalue weighted by molar-refractivity contribution is 0.482. The SMILES string of the molecule is N#Cc1ccc(N)cc1.Nc1c(O)c2cc(S(=O)(=O)O)ccc2[nH]c1=O. The number of rotatable bonds is 1. The molecular formula is C16H14N4O5S. The molecule has 7 N–H and O–H groups in total. The normalized spacial score (nSPS) is 10.6. The van der Waals surface area contributed by atoms with E-state index in [2.05, 4.69) is 4.98 Å². The summed E-state index contributed by atoms with van der Waals surface area (Å²) in [6.07, 6.45) is 0. The summed E-state index contributed by atoms with van der Waals surface area (Å²) >= 11 is 0. The van der Waals surface area contributed by atoms with E-state index in [1.54, 1.807) is 24.3 Å². The van der Waals surface area contributed by atoms with E-state index in [9.17, 15) is 18.3 Å². The summed E-state index contributed by atoms with van der Waals surface area (Å²) in [5.74, 6) is -0.519. The molecule has 2 aromatic carbocycles. The van der Waals surface area contributed by atoms with Gasteiger partial charge >= 0.3 is 0 Å². The minimum atomic E-state index is -4.38. The van der Waals surface area contributed by atoms with Crippen LogP contribution in [0.4, 0.5) is 11.4 Å². The lowest BCUT2D eigenvalue weighted by atomic mass is 10.2. The smallest absolute Gasteiger partial charge is 0.294 e. The van der Waals surface area contributed by atoms with Crippen molar-refractivity contribution < 1.29 is 18.1 Å². The van der Waals surface area contributed by atoms with Gasteiger partial charge in [-0.3, -0.25) is 9.35 Å². The zero-order chi connectivity index (χ0) is 19.5. The molecule has 134 valence electrons. The summed E-state index contributed by atoms with van der Waals surface area (Å²) in [4.78, 5) is 13.2. The summed E-state index contributed by atoms with van der Waals surface area (Å²) in [6, 6.07) is 12.2. The van der Waals surface area contributed by atoms with Crippen LogP contribution in [0.2, 0.25) is 0 Å². The van der Waals surface area contributed by atoms with Crippen molar-refractivity contribution in [1.82, 2.24) is 4.98 Å². The number of pyridine rings is 1. The zero-order valence-electron chi connectivity index (χ0n) is 13.2. The van der Waals surface area contributed by atoms with Gasteiger partial charge in [-0.15, -0.1) is 0 Å². The molecular weight excluding hydrogens is 360 g/mol. The Morgan fingerprint density at radius 1 is 1.08 bits per heavy atom. The van der Waals surface area contributed by atoms with Crippen molar-refractivity contribution in [2.45, 2.75) is 4.90 Å². The Morgan fingerprint density at radius 3 is 2.23 bits per heavy atom. The number of anilines is 2. The molecule has 0 bridgehead atoms. The number of nitrogens with two attached hydrogens (primary N) is 2. The third-order valence-electron chi connectivity index (χ3n) is 3.33.